The number of thiophene rings is 1. The van der Waals surface area contributed by atoms with Gasteiger partial charge in [-0.1, -0.05) is 23.7 Å². The average molecular weight is 393 g/mol. The number of Topliss-reactive ketones (excluding diaryl/α,β-unsaturated/α-hetero) is 1. The molecule has 2 amide bonds. The Balaban J connectivity index is 1.83. The van der Waals surface area contributed by atoms with Crippen molar-refractivity contribution in [2.45, 2.75) is 26.7 Å². The largest absolute Gasteiger partial charge is 0.336 e. The molecule has 0 unspecified atom stereocenters. The second-order valence-corrected chi connectivity index (χ2v) is 7.86. The second kappa shape index (κ2) is 8.96. The molecule has 2 aromatic rings. The third-order valence-electron chi connectivity index (χ3n) is 3.89. The summed E-state index contributed by atoms with van der Waals surface area (Å²) in [4.78, 5) is 38.2. The number of aryl methyl sites for hydroxylation is 2. The molecule has 0 atom stereocenters. The number of likely N-dealkylation sites (N-methyl/N-ethyl adjacent to an activating group) is 1. The molecule has 1 aromatic carbocycles. The first-order valence-electron chi connectivity index (χ1n) is 8.16. The van der Waals surface area contributed by atoms with Gasteiger partial charge in [0.25, 0.3) is 0 Å². The summed E-state index contributed by atoms with van der Waals surface area (Å²) in [6.45, 7) is 3.79. The van der Waals surface area contributed by atoms with Crippen LogP contribution in [0.2, 0.25) is 4.34 Å². The quantitative estimate of drug-likeness (QED) is 0.722. The maximum absolute atomic E-state index is 12.2. The van der Waals surface area contributed by atoms with Crippen molar-refractivity contribution in [2.24, 2.45) is 0 Å². The average Bonchev–Trinajstić information content (AvgIpc) is 3.02. The van der Waals surface area contributed by atoms with E-state index < -0.39 is 0 Å². The van der Waals surface area contributed by atoms with Crippen LogP contribution in [0.5, 0.6) is 0 Å². The second-order valence-electron chi connectivity index (χ2n) is 6.14. The summed E-state index contributed by atoms with van der Waals surface area (Å²) in [5.41, 5.74) is 2.74. The molecule has 0 radical (unpaired) electrons. The van der Waals surface area contributed by atoms with E-state index in [9.17, 15) is 14.4 Å². The number of nitrogens with one attached hydrogen (secondary N) is 1. The number of amides is 2. The maximum Gasteiger partial charge on any atom is 0.243 e. The van der Waals surface area contributed by atoms with Crippen LogP contribution in [0.15, 0.2) is 30.3 Å². The highest BCUT2D eigenvalue weighted by Crippen LogP contribution is 2.23. The SMILES string of the molecule is Cc1ccc(C)c(NC(=O)CN(C)C(=O)CCC(=O)c2ccc(Cl)s2)c1. The molecule has 7 heteroatoms. The van der Waals surface area contributed by atoms with Crippen LogP contribution in [0.3, 0.4) is 0 Å². The zero-order valence-electron chi connectivity index (χ0n) is 15.0. The fourth-order valence-corrected chi connectivity index (χ4v) is 3.37. The molecule has 2 rings (SSSR count). The van der Waals surface area contributed by atoms with Gasteiger partial charge >= 0.3 is 0 Å². The van der Waals surface area contributed by atoms with Gasteiger partial charge < -0.3 is 10.2 Å². The summed E-state index contributed by atoms with van der Waals surface area (Å²) in [7, 11) is 1.55. The zero-order chi connectivity index (χ0) is 19.3. The number of hydrogen-bond donors (Lipinski definition) is 1. The first kappa shape index (κ1) is 20.1. The Hall–Kier alpha value is -2.18. The van der Waals surface area contributed by atoms with Crippen LogP contribution in [0.1, 0.15) is 33.6 Å². The van der Waals surface area contributed by atoms with Crippen LogP contribution in [0, 0.1) is 13.8 Å². The van der Waals surface area contributed by atoms with Gasteiger partial charge in [0.15, 0.2) is 5.78 Å². The molecule has 0 spiro atoms. The molecule has 0 saturated heterocycles. The lowest BCUT2D eigenvalue weighted by atomic mass is 10.1. The minimum atomic E-state index is -0.272. The fraction of sp³-hybridized carbons (Fsp3) is 0.316. The van der Waals surface area contributed by atoms with Crippen molar-refractivity contribution in [3.8, 4) is 0 Å². The lowest BCUT2D eigenvalue weighted by Crippen LogP contribution is -2.35. The smallest absolute Gasteiger partial charge is 0.243 e. The van der Waals surface area contributed by atoms with E-state index in [-0.39, 0.29) is 37.0 Å². The summed E-state index contributed by atoms with van der Waals surface area (Å²) >= 11 is 7.01. The summed E-state index contributed by atoms with van der Waals surface area (Å²) < 4.78 is 0.542. The first-order valence-corrected chi connectivity index (χ1v) is 9.35. The zero-order valence-corrected chi connectivity index (χ0v) is 16.5. The predicted molar refractivity (Wildman–Crippen MR) is 105 cm³/mol. The lowest BCUT2D eigenvalue weighted by molar-refractivity contribution is -0.133. The molecule has 5 nitrogen and oxygen atoms in total. The Bertz CT molecular complexity index is 832. The Kier molecular flexibility index (Phi) is 6.94. The summed E-state index contributed by atoms with van der Waals surface area (Å²) in [6, 6.07) is 9.10. The molecule has 1 aromatic heterocycles. The number of halogens is 1. The topological polar surface area (TPSA) is 66.5 Å². The number of hydrogen-bond acceptors (Lipinski definition) is 4. The number of anilines is 1. The molecular formula is C19H21ClN2O3S. The van der Waals surface area contributed by atoms with Crippen LogP contribution in [-0.2, 0) is 9.59 Å². The maximum atomic E-state index is 12.2. The molecule has 0 aliphatic carbocycles. The van der Waals surface area contributed by atoms with Gasteiger partial charge in [-0.2, -0.15) is 0 Å². The Labute approximate surface area is 162 Å². The van der Waals surface area contributed by atoms with E-state index in [2.05, 4.69) is 5.32 Å². The molecule has 0 aliphatic rings. The number of nitrogens with zero attached hydrogens (tertiary/aromatic N) is 1. The van der Waals surface area contributed by atoms with Crippen LogP contribution < -0.4 is 5.32 Å². The van der Waals surface area contributed by atoms with Gasteiger partial charge in [0.2, 0.25) is 11.8 Å². The van der Waals surface area contributed by atoms with E-state index in [4.69, 9.17) is 11.6 Å². The Morgan fingerprint density at radius 2 is 1.85 bits per heavy atom. The fourth-order valence-electron chi connectivity index (χ4n) is 2.36. The van der Waals surface area contributed by atoms with Gasteiger partial charge in [-0.3, -0.25) is 14.4 Å². The highest BCUT2D eigenvalue weighted by atomic mass is 35.5. The van der Waals surface area contributed by atoms with Crippen molar-refractivity contribution in [3.63, 3.8) is 0 Å². The van der Waals surface area contributed by atoms with Crippen LogP contribution >= 0.6 is 22.9 Å². The summed E-state index contributed by atoms with van der Waals surface area (Å²) in [5.74, 6) is -0.647. The molecule has 1 N–H and O–H groups in total. The number of rotatable bonds is 7. The molecule has 0 saturated carbocycles. The van der Waals surface area contributed by atoms with E-state index >= 15 is 0 Å². The highest BCUT2D eigenvalue weighted by molar-refractivity contribution is 7.18. The molecule has 26 heavy (non-hydrogen) atoms. The van der Waals surface area contributed by atoms with E-state index in [1.807, 2.05) is 32.0 Å². The van der Waals surface area contributed by atoms with Gasteiger partial charge in [0, 0.05) is 25.6 Å². The number of ketones is 1. The van der Waals surface area contributed by atoms with Gasteiger partial charge in [-0.05, 0) is 43.2 Å². The van der Waals surface area contributed by atoms with Crippen LogP contribution in [-0.4, -0.2) is 36.1 Å². The molecule has 138 valence electrons. The van der Waals surface area contributed by atoms with E-state index in [0.29, 0.717) is 9.21 Å². The summed E-state index contributed by atoms with van der Waals surface area (Å²) in [5, 5.41) is 2.82. The number of carbonyl (C=O) groups excluding carboxylic acids is 3. The third kappa shape index (κ3) is 5.68. The van der Waals surface area contributed by atoms with Crippen molar-refractivity contribution < 1.29 is 14.4 Å². The first-order chi connectivity index (χ1) is 12.3. The highest BCUT2D eigenvalue weighted by Gasteiger charge is 2.16. The van der Waals surface area contributed by atoms with Gasteiger partial charge in [-0.15, -0.1) is 11.3 Å². The monoisotopic (exact) mass is 392 g/mol. The molecule has 0 fully saturated rings. The predicted octanol–water partition coefficient (Wildman–Crippen LogP) is 4.08. The molecule has 0 aliphatic heterocycles. The normalized spacial score (nSPS) is 10.5. The van der Waals surface area contributed by atoms with Gasteiger partial charge in [0.1, 0.15) is 0 Å². The van der Waals surface area contributed by atoms with Crippen molar-refractivity contribution in [3.05, 3.63) is 50.7 Å². The van der Waals surface area contributed by atoms with Crippen molar-refractivity contribution in [1.82, 2.24) is 4.90 Å². The van der Waals surface area contributed by atoms with Gasteiger partial charge in [-0.25, -0.2) is 0 Å². The third-order valence-corrected chi connectivity index (χ3v) is 5.16. The van der Waals surface area contributed by atoms with Crippen LogP contribution in [0.4, 0.5) is 5.69 Å². The number of benzene rings is 1. The minimum Gasteiger partial charge on any atom is -0.336 e. The molecular weight excluding hydrogens is 372 g/mol. The van der Waals surface area contributed by atoms with Crippen molar-refractivity contribution in [2.75, 3.05) is 18.9 Å². The Morgan fingerprint density at radius 3 is 2.50 bits per heavy atom. The standard InChI is InChI=1S/C19H21ClN2O3S/c1-12-4-5-13(2)14(10-12)21-18(24)11-22(3)19(25)9-6-15(23)16-7-8-17(20)26-16/h4-5,7-8,10H,6,9,11H2,1-3H3,(H,21,24). The van der Waals surface area contributed by atoms with E-state index in [0.717, 1.165) is 16.8 Å². The Morgan fingerprint density at radius 1 is 1.12 bits per heavy atom. The minimum absolute atomic E-state index is 0.0571. The summed E-state index contributed by atoms with van der Waals surface area (Å²) in [6.07, 6.45) is 0.153. The van der Waals surface area contributed by atoms with E-state index in [1.165, 1.54) is 16.2 Å². The molecule has 1 heterocycles. The molecule has 0 bridgehead atoms. The van der Waals surface area contributed by atoms with Gasteiger partial charge in [0.05, 0.1) is 15.8 Å². The van der Waals surface area contributed by atoms with E-state index in [1.54, 1.807) is 19.2 Å². The van der Waals surface area contributed by atoms with Crippen molar-refractivity contribution >= 4 is 46.2 Å². The lowest BCUT2D eigenvalue weighted by Gasteiger charge is -2.17. The number of carbonyl (C=O) groups is 3. The van der Waals surface area contributed by atoms with Crippen LogP contribution in [0.25, 0.3) is 0 Å². The van der Waals surface area contributed by atoms with Crippen molar-refractivity contribution in [1.29, 1.82) is 0 Å².